The van der Waals surface area contributed by atoms with Crippen molar-refractivity contribution in [2.45, 2.75) is 13.5 Å². The van der Waals surface area contributed by atoms with E-state index in [0.717, 1.165) is 18.9 Å². The number of hydrogen-bond acceptors (Lipinski definition) is 4. The lowest BCUT2D eigenvalue weighted by atomic mass is 10.2. The molecule has 14 heavy (non-hydrogen) atoms. The van der Waals surface area contributed by atoms with Crippen molar-refractivity contribution < 1.29 is 0 Å². The molecule has 0 aromatic carbocycles. The molecule has 0 saturated heterocycles. The Morgan fingerprint density at radius 3 is 3.00 bits per heavy atom. The maximum Gasteiger partial charge on any atom is 0.140 e. The van der Waals surface area contributed by atoms with Crippen LogP contribution in [0.3, 0.4) is 0 Å². The minimum Gasteiger partial charge on any atom is -0.310 e. The van der Waals surface area contributed by atoms with Crippen molar-refractivity contribution in [1.29, 1.82) is 0 Å². The summed E-state index contributed by atoms with van der Waals surface area (Å²) in [5.41, 5.74) is 0. The Hall–Kier alpha value is -0.550. The summed E-state index contributed by atoms with van der Waals surface area (Å²) in [6, 6.07) is 0. The van der Waals surface area contributed by atoms with Crippen molar-refractivity contribution >= 4 is 11.8 Å². The van der Waals surface area contributed by atoms with Gasteiger partial charge in [0.1, 0.15) is 12.2 Å². The van der Waals surface area contributed by atoms with Gasteiger partial charge in [0.05, 0.1) is 6.54 Å². The van der Waals surface area contributed by atoms with E-state index in [-0.39, 0.29) is 0 Å². The molecule has 80 valence electrons. The van der Waals surface area contributed by atoms with Crippen LogP contribution >= 0.6 is 11.8 Å². The van der Waals surface area contributed by atoms with Crippen molar-refractivity contribution in [3.63, 3.8) is 0 Å². The Balaban J connectivity index is 2.19. The topological polar surface area (TPSA) is 42.7 Å². The molecular formula is C9H18N4S. The highest BCUT2D eigenvalue weighted by molar-refractivity contribution is 7.98. The predicted molar refractivity (Wildman–Crippen MR) is 60.3 cm³/mol. The summed E-state index contributed by atoms with van der Waals surface area (Å²) in [6.07, 6.45) is 3.72. The van der Waals surface area contributed by atoms with Crippen molar-refractivity contribution in [2.24, 2.45) is 13.0 Å². The molecule has 0 radical (unpaired) electrons. The third-order valence-electron chi connectivity index (χ3n) is 2.03. The Morgan fingerprint density at radius 1 is 1.64 bits per heavy atom. The minimum atomic E-state index is 0.707. The average molecular weight is 214 g/mol. The van der Waals surface area contributed by atoms with Gasteiger partial charge in [-0.25, -0.2) is 4.98 Å². The number of aryl methyl sites for hydroxylation is 1. The molecule has 1 N–H and O–H groups in total. The van der Waals surface area contributed by atoms with E-state index >= 15 is 0 Å². The molecule has 0 amide bonds. The van der Waals surface area contributed by atoms with Crippen LogP contribution in [-0.4, -0.2) is 33.3 Å². The number of nitrogens with one attached hydrogen (secondary N) is 1. The van der Waals surface area contributed by atoms with Crippen LogP contribution in [0.1, 0.15) is 12.7 Å². The minimum absolute atomic E-state index is 0.707. The van der Waals surface area contributed by atoms with Gasteiger partial charge in [0.25, 0.3) is 0 Å². The van der Waals surface area contributed by atoms with Crippen LogP contribution in [0.5, 0.6) is 0 Å². The molecule has 0 aliphatic rings. The maximum atomic E-state index is 4.14. The van der Waals surface area contributed by atoms with Gasteiger partial charge in [0.15, 0.2) is 0 Å². The monoisotopic (exact) mass is 214 g/mol. The van der Waals surface area contributed by atoms with Crippen molar-refractivity contribution in [2.75, 3.05) is 18.6 Å². The zero-order chi connectivity index (χ0) is 10.4. The summed E-state index contributed by atoms with van der Waals surface area (Å²) >= 11 is 1.89. The summed E-state index contributed by atoms with van der Waals surface area (Å²) in [5, 5.41) is 7.39. The van der Waals surface area contributed by atoms with Gasteiger partial charge >= 0.3 is 0 Å². The first-order valence-electron chi connectivity index (χ1n) is 4.76. The lowest BCUT2D eigenvalue weighted by molar-refractivity contribution is 0.536. The summed E-state index contributed by atoms with van der Waals surface area (Å²) in [5.74, 6) is 2.89. The van der Waals surface area contributed by atoms with E-state index in [9.17, 15) is 0 Å². The lowest BCUT2D eigenvalue weighted by Crippen LogP contribution is -2.23. The molecule has 4 nitrogen and oxygen atoms in total. The zero-order valence-corrected chi connectivity index (χ0v) is 9.84. The predicted octanol–water partition coefficient (Wildman–Crippen LogP) is 0.904. The third kappa shape index (κ3) is 3.67. The fraction of sp³-hybridized carbons (Fsp3) is 0.778. The Bertz CT molecular complexity index is 261. The molecule has 1 unspecified atom stereocenters. The molecule has 1 heterocycles. The zero-order valence-electron chi connectivity index (χ0n) is 9.03. The van der Waals surface area contributed by atoms with Crippen LogP contribution in [0.2, 0.25) is 0 Å². The fourth-order valence-corrected chi connectivity index (χ4v) is 1.94. The number of nitrogens with zero attached hydrogens (tertiary/aromatic N) is 3. The van der Waals surface area contributed by atoms with Crippen LogP contribution in [-0.2, 0) is 13.6 Å². The first-order valence-corrected chi connectivity index (χ1v) is 6.16. The first kappa shape index (κ1) is 11.5. The molecule has 0 fully saturated rings. The van der Waals surface area contributed by atoms with Crippen molar-refractivity contribution in [1.82, 2.24) is 20.1 Å². The fourth-order valence-electron chi connectivity index (χ4n) is 1.25. The molecule has 1 rings (SSSR count). The van der Waals surface area contributed by atoms with Crippen LogP contribution in [0.15, 0.2) is 6.33 Å². The van der Waals surface area contributed by atoms with Gasteiger partial charge in [0.2, 0.25) is 0 Å². The van der Waals surface area contributed by atoms with Crippen LogP contribution in [0, 0.1) is 5.92 Å². The molecular weight excluding hydrogens is 196 g/mol. The summed E-state index contributed by atoms with van der Waals surface area (Å²) < 4.78 is 1.80. The standard InChI is InChI=1S/C9H18N4S/c1-8(6-14-3)4-10-5-9-11-7-12-13(9)2/h7-8,10H,4-6H2,1-3H3. The van der Waals surface area contributed by atoms with Crippen molar-refractivity contribution in [3.8, 4) is 0 Å². The molecule has 1 aromatic heterocycles. The van der Waals surface area contributed by atoms with E-state index in [1.807, 2.05) is 18.8 Å². The largest absolute Gasteiger partial charge is 0.310 e. The summed E-state index contributed by atoms with van der Waals surface area (Å²) in [6.45, 7) is 4.09. The number of hydrogen-bond donors (Lipinski definition) is 1. The average Bonchev–Trinajstić information content (AvgIpc) is 2.52. The summed E-state index contributed by atoms with van der Waals surface area (Å²) in [7, 11) is 1.91. The summed E-state index contributed by atoms with van der Waals surface area (Å²) in [4.78, 5) is 4.14. The molecule has 0 spiro atoms. The highest BCUT2D eigenvalue weighted by atomic mass is 32.2. The quantitative estimate of drug-likeness (QED) is 0.764. The Kier molecular flexibility index (Phi) is 4.97. The van der Waals surface area contributed by atoms with Gasteiger partial charge in [-0.1, -0.05) is 6.92 Å². The molecule has 0 saturated carbocycles. The normalized spacial score (nSPS) is 13.1. The third-order valence-corrected chi connectivity index (χ3v) is 2.93. The van der Waals surface area contributed by atoms with Crippen LogP contribution in [0.25, 0.3) is 0 Å². The van der Waals surface area contributed by atoms with Gasteiger partial charge in [-0.05, 0) is 24.5 Å². The van der Waals surface area contributed by atoms with Gasteiger partial charge in [-0.15, -0.1) is 0 Å². The second-order valence-electron chi connectivity index (χ2n) is 3.49. The first-order chi connectivity index (χ1) is 6.74. The van der Waals surface area contributed by atoms with E-state index in [0.29, 0.717) is 5.92 Å². The number of thioether (sulfide) groups is 1. The van der Waals surface area contributed by atoms with E-state index in [1.54, 1.807) is 11.0 Å². The highest BCUT2D eigenvalue weighted by Crippen LogP contribution is 2.02. The van der Waals surface area contributed by atoms with Gasteiger partial charge in [-0.3, -0.25) is 4.68 Å². The van der Waals surface area contributed by atoms with Crippen LogP contribution in [0.4, 0.5) is 0 Å². The molecule has 1 aromatic rings. The molecule has 1 atom stereocenters. The Morgan fingerprint density at radius 2 is 2.43 bits per heavy atom. The molecule has 0 aliphatic heterocycles. The maximum absolute atomic E-state index is 4.14. The van der Waals surface area contributed by atoms with E-state index in [1.165, 1.54) is 5.75 Å². The SMILES string of the molecule is CSCC(C)CNCc1ncnn1C. The smallest absolute Gasteiger partial charge is 0.140 e. The molecule has 5 heteroatoms. The molecule has 0 aliphatic carbocycles. The van der Waals surface area contributed by atoms with E-state index < -0.39 is 0 Å². The second-order valence-corrected chi connectivity index (χ2v) is 4.40. The van der Waals surface area contributed by atoms with Gasteiger partial charge in [-0.2, -0.15) is 16.9 Å². The van der Waals surface area contributed by atoms with Gasteiger partial charge < -0.3 is 5.32 Å². The Labute approximate surface area is 89.5 Å². The highest BCUT2D eigenvalue weighted by Gasteiger charge is 2.02. The second kappa shape index (κ2) is 6.03. The van der Waals surface area contributed by atoms with Crippen molar-refractivity contribution in [3.05, 3.63) is 12.2 Å². The molecule has 0 bridgehead atoms. The number of rotatable bonds is 6. The van der Waals surface area contributed by atoms with E-state index in [2.05, 4.69) is 28.6 Å². The van der Waals surface area contributed by atoms with E-state index in [4.69, 9.17) is 0 Å². The number of aromatic nitrogens is 3. The van der Waals surface area contributed by atoms with Crippen LogP contribution < -0.4 is 5.32 Å². The van der Waals surface area contributed by atoms with Gasteiger partial charge in [0, 0.05) is 7.05 Å². The lowest BCUT2D eigenvalue weighted by Gasteiger charge is -2.10.